The molecule has 5 heterocycles. The molecule has 0 radical (unpaired) electrons. The summed E-state index contributed by atoms with van der Waals surface area (Å²) >= 11 is 0. The summed E-state index contributed by atoms with van der Waals surface area (Å²) in [6.07, 6.45) is 0.971. The minimum atomic E-state index is 0.141. The average molecular weight is 709 g/mol. The highest BCUT2D eigenvalue weighted by atomic mass is 15.8. The Morgan fingerprint density at radius 2 is 0.333 bits per heavy atom. The van der Waals surface area contributed by atoms with Gasteiger partial charge < -0.3 is 0 Å². The lowest BCUT2D eigenvalue weighted by Gasteiger charge is -2.56. The molecule has 11 rings (SSSR count). The predicted octanol–water partition coefficient (Wildman–Crippen LogP) is 8.01. The fourth-order valence-electron chi connectivity index (χ4n) is 10.0. The average Bonchev–Trinajstić information content (AvgIpc) is 3.64. The molecular weight excluding hydrogens is 661 g/mol. The van der Waals surface area contributed by atoms with Crippen LogP contribution in [0, 0.1) is 0 Å². The Morgan fingerprint density at radius 1 is 0.204 bits per heavy atom. The first-order valence-corrected chi connectivity index (χ1v) is 19.6. The van der Waals surface area contributed by atoms with Crippen molar-refractivity contribution in [2.75, 3.05) is 0 Å². The van der Waals surface area contributed by atoms with Crippen molar-refractivity contribution in [3.63, 3.8) is 0 Å². The molecule has 6 aromatic rings. The molecule has 6 nitrogen and oxygen atoms in total. The molecule has 270 valence electrons. The molecule has 5 fully saturated rings. The van der Waals surface area contributed by atoms with Crippen molar-refractivity contribution in [2.24, 2.45) is 0 Å². The molecule has 0 amide bonds. The second kappa shape index (κ2) is 14.7. The van der Waals surface area contributed by atoms with Crippen molar-refractivity contribution in [1.29, 1.82) is 0 Å². The van der Waals surface area contributed by atoms with Gasteiger partial charge in [-0.2, -0.15) is 0 Å². The molecule has 5 aliphatic rings. The van der Waals surface area contributed by atoms with E-state index >= 15 is 0 Å². The van der Waals surface area contributed by atoms with Crippen molar-refractivity contribution < 1.29 is 0 Å². The van der Waals surface area contributed by atoms with Gasteiger partial charge in [-0.15, -0.1) is 0 Å². The molecule has 6 aromatic carbocycles. The van der Waals surface area contributed by atoms with E-state index in [4.69, 9.17) is 0 Å². The van der Waals surface area contributed by atoms with Crippen LogP contribution in [0.3, 0.4) is 0 Å². The molecule has 5 saturated heterocycles. The van der Waals surface area contributed by atoms with Crippen LogP contribution in [0.15, 0.2) is 182 Å². The number of benzene rings is 6. The number of hydrogen-bond acceptors (Lipinski definition) is 6. The van der Waals surface area contributed by atoms with Crippen molar-refractivity contribution in [3.8, 4) is 0 Å². The van der Waals surface area contributed by atoms with Crippen LogP contribution in [0.2, 0.25) is 0 Å². The molecular formula is C48H48N6. The van der Waals surface area contributed by atoms with Crippen molar-refractivity contribution in [1.82, 2.24) is 29.4 Å². The molecule has 0 aliphatic carbocycles. The normalized spacial score (nSPS) is 25.8. The van der Waals surface area contributed by atoms with E-state index in [0.29, 0.717) is 0 Å². The zero-order valence-electron chi connectivity index (χ0n) is 30.7. The van der Waals surface area contributed by atoms with E-state index in [2.05, 4.69) is 211 Å². The zero-order valence-corrected chi connectivity index (χ0v) is 30.7. The summed E-state index contributed by atoms with van der Waals surface area (Å²) in [5, 5.41) is 0. The third-order valence-electron chi connectivity index (χ3n) is 12.1. The van der Waals surface area contributed by atoms with Gasteiger partial charge in [0.15, 0.2) is 0 Å². The Kier molecular flexibility index (Phi) is 9.17. The Hall–Kier alpha value is -4.92. The van der Waals surface area contributed by atoms with Gasteiger partial charge >= 0.3 is 0 Å². The van der Waals surface area contributed by atoms with E-state index in [-0.39, 0.29) is 37.0 Å². The van der Waals surface area contributed by atoms with Gasteiger partial charge in [0.25, 0.3) is 0 Å². The van der Waals surface area contributed by atoms with E-state index < -0.39 is 0 Å². The summed E-state index contributed by atoms with van der Waals surface area (Å²) in [7, 11) is 0. The fraction of sp³-hybridized carbons (Fsp3) is 0.250. The molecule has 0 spiro atoms. The molecule has 0 N–H and O–H groups in total. The second-order valence-corrected chi connectivity index (χ2v) is 15.4. The number of hydrogen-bond donors (Lipinski definition) is 0. The van der Waals surface area contributed by atoms with Crippen molar-refractivity contribution in [2.45, 2.75) is 76.3 Å². The number of nitrogens with zero attached hydrogens (tertiary/aromatic N) is 6. The topological polar surface area (TPSA) is 19.4 Å². The van der Waals surface area contributed by atoms with Crippen LogP contribution < -0.4 is 0 Å². The van der Waals surface area contributed by atoms with Gasteiger partial charge in [-0.3, -0.25) is 29.4 Å². The van der Waals surface area contributed by atoms with Crippen LogP contribution in [-0.4, -0.2) is 66.4 Å². The third kappa shape index (κ3) is 6.19. The van der Waals surface area contributed by atoms with E-state index in [1.54, 1.807) is 0 Å². The van der Waals surface area contributed by atoms with Crippen molar-refractivity contribution >= 4 is 0 Å². The SMILES string of the molecule is c1ccc(CN2C3C4N(Cc5ccccc5)[C@H]5[C@H](N(Cc6ccccc6)C(C2N5Cc2ccccc2)N3Cc2ccccc2)N4Cc2ccccc2)cc1. The summed E-state index contributed by atoms with van der Waals surface area (Å²) in [6.45, 7) is 5.31. The molecule has 0 aromatic heterocycles. The molecule has 0 saturated carbocycles. The molecule has 6 bridgehead atoms. The third-order valence-corrected chi connectivity index (χ3v) is 12.1. The first kappa shape index (κ1) is 33.6. The Morgan fingerprint density at radius 3 is 0.463 bits per heavy atom. The maximum Gasteiger partial charge on any atom is 0.0955 e. The molecule has 6 heteroatoms. The highest BCUT2D eigenvalue weighted by molar-refractivity contribution is 5.28. The summed E-state index contributed by atoms with van der Waals surface area (Å²) in [5.74, 6) is 0. The Bertz CT molecular complexity index is 1840. The lowest BCUT2D eigenvalue weighted by atomic mass is 10.0. The van der Waals surface area contributed by atoms with Crippen LogP contribution >= 0.6 is 0 Å². The predicted molar refractivity (Wildman–Crippen MR) is 215 cm³/mol. The second-order valence-electron chi connectivity index (χ2n) is 15.4. The molecule has 0 atom stereocenters. The first-order chi connectivity index (χ1) is 26.8. The van der Waals surface area contributed by atoms with Gasteiger partial charge in [0.1, 0.15) is 0 Å². The molecule has 5 aliphatic heterocycles. The molecule has 0 unspecified atom stereocenters. The lowest BCUT2D eigenvalue weighted by Crippen LogP contribution is -2.73. The van der Waals surface area contributed by atoms with Crippen LogP contribution in [0.5, 0.6) is 0 Å². The maximum absolute atomic E-state index is 2.90. The highest BCUT2D eigenvalue weighted by Crippen LogP contribution is 2.54. The quantitative estimate of drug-likeness (QED) is 0.128. The maximum atomic E-state index is 2.90. The lowest BCUT2D eigenvalue weighted by molar-refractivity contribution is -0.166. The van der Waals surface area contributed by atoms with Gasteiger partial charge in [-0.05, 0) is 33.4 Å². The van der Waals surface area contributed by atoms with Gasteiger partial charge in [-0.25, -0.2) is 0 Å². The van der Waals surface area contributed by atoms with E-state index in [9.17, 15) is 0 Å². The van der Waals surface area contributed by atoms with E-state index in [1.165, 1.54) is 33.4 Å². The van der Waals surface area contributed by atoms with Crippen LogP contribution in [-0.2, 0) is 39.3 Å². The fourth-order valence-corrected chi connectivity index (χ4v) is 10.0. The Labute approximate surface area is 320 Å². The van der Waals surface area contributed by atoms with E-state index in [1.807, 2.05) is 0 Å². The number of piperazine rings is 1. The first-order valence-electron chi connectivity index (χ1n) is 19.6. The summed E-state index contributed by atoms with van der Waals surface area (Å²) < 4.78 is 0. The van der Waals surface area contributed by atoms with Crippen molar-refractivity contribution in [3.05, 3.63) is 215 Å². The van der Waals surface area contributed by atoms with Crippen LogP contribution in [0.1, 0.15) is 33.4 Å². The summed E-state index contributed by atoms with van der Waals surface area (Å²) in [4.78, 5) is 17.4. The minimum Gasteiger partial charge on any atom is -0.262 e. The molecule has 54 heavy (non-hydrogen) atoms. The van der Waals surface area contributed by atoms with Gasteiger partial charge in [-0.1, -0.05) is 182 Å². The van der Waals surface area contributed by atoms with Gasteiger partial charge in [0.2, 0.25) is 0 Å². The minimum absolute atomic E-state index is 0.141. The largest absolute Gasteiger partial charge is 0.262 e. The van der Waals surface area contributed by atoms with Crippen LogP contribution in [0.4, 0.5) is 0 Å². The highest BCUT2D eigenvalue weighted by Gasteiger charge is 2.71. The van der Waals surface area contributed by atoms with Crippen LogP contribution in [0.25, 0.3) is 0 Å². The monoisotopic (exact) mass is 708 g/mol. The zero-order chi connectivity index (χ0) is 35.8. The summed E-state index contributed by atoms with van der Waals surface area (Å²) in [6, 6.07) is 67.2. The standard InChI is InChI=1S/C48H48N6/c1-7-19-37(20-8-1)31-49-43-44-50(32-38-21-9-2-10-22-38)47(49)48-51(33-39-23-11-3-12-24-39)45(53(43)35-41-27-15-5-16-28-41)46(52(48)34-40-25-13-4-14-26-40)54(44)36-42-29-17-6-18-30-42/h1-30,43-48H,31-36H2/t43-,44+,45?,46?,47?,48?. The van der Waals surface area contributed by atoms with Gasteiger partial charge in [0, 0.05) is 39.3 Å². The Balaban J connectivity index is 1.21. The van der Waals surface area contributed by atoms with E-state index in [0.717, 1.165) is 39.3 Å². The smallest absolute Gasteiger partial charge is 0.0955 e. The van der Waals surface area contributed by atoms with Gasteiger partial charge in [0.05, 0.1) is 37.0 Å². The summed E-state index contributed by atoms with van der Waals surface area (Å²) in [5.41, 5.74) is 8.18. The number of rotatable bonds is 12.